The topological polar surface area (TPSA) is 80.3 Å². The number of esters is 1. The molecule has 8 heteroatoms. The number of fused-ring (bicyclic) bond motifs is 1. The van der Waals surface area contributed by atoms with Gasteiger partial charge in [0.05, 0.1) is 12.1 Å². The van der Waals surface area contributed by atoms with Crippen LogP contribution in [0.4, 0.5) is 5.82 Å². The van der Waals surface area contributed by atoms with Crippen molar-refractivity contribution in [2.75, 3.05) is 31.8 Å². The van der Waals surface area contributed by atoms with Crippen LogP contribution < -0.4 is 4.90 Å². The maximum atomic E-state index is 11.7. The number of ether oxygens (including phenoxy) is 2. The highest BCUT2D eigenvalue weighted by molar-refractivity contribution is 6.30. The predicted octanol–water partition coefficient (Wildman–Crippen LogP) is 2.97. The van der Waals surface area contributed by atoms with Crippen LogP contribution >= 0.6 is 11.6 Å². The zero-order valence-electron chi connectivity index (χ0n) is 15.4. The molecule has 3 rings (SSSR count). The summed E-state index contributed by atoms with van der Waals surface area (Å²) in [5.74, 6) is 1.49. The minimum absolute atomic E-state index is 0.0960. The van der Waals surface area contributed by atoms with Gasteiger partial charge in [-0.05, 0) is 32.6 Å². The number of H-pyrrole nitrogens is 1. The van der Waals surface area contributed by atoms with Gasteiger partial charge in [-0.25, -0.2) is 9.97 Å². The van der Waals surface area contributed by atoms with Crippen molar-refractivity contribution in [1.82, 2.24) is 15.0 Å². The summed E-state index contributed by atoms with van der Waals surface area (Å²) in [4.78, 5) is 26.1. The van der Waals surface area contributed by atoms with E-state index >= 15 is 0 Å². The quantitative estimate of drug-likeness (QED) is 0.613. The zero-order valence-corrected chi connectivity index (χ0v) is 16.2. The monoisotopic (exact) mass is 380 g/mol. The molecule has 2 aromatic heterocycles. The van der Waals surface area contributed by atoms with Gasteiger partial charge in [0.1, 0.15) is 22.9 Å². The molecule has 0 aliphatic carbocycles. The van der Waals surface area contributed by atoms with Crippen molar-refractivity contribution in [2.45, 2.75) is 39.2 Å². The van der Waals surface area contributed by atoms with Crippen molar-refractivity contribution >= 4 is 34.4 Å². The number of imidazole rings is 1. The van der Waals surface area contributed by atoms with Crippen LogP contribution in [0.2, 0.25) is 5.15 Å². The average Bonchev–Trinajstić information content (AvgIpc) is 3.02. The maximum absolute atomic E-state index is 11.7. The number of nitrogens with zero attached hydrogens (tertiary/aromatic N) is 3. The third kappa shape index (κ3) is 4.10. The fraction of sp³-hybridized carbons (Fsp3) is 0.611. The summed E-state index contributed by atoms with van der Waals surface area (Å²) in [5, 5.41) is 0.393. The fourth-order valence-electron chi connectivity index (χ4n) is 3.40. The molecule has 1 atom stereocenters. The number of hydrogen-bond acceptors (Lipinski definition) is 6. The molecule has 1 aliphatic heterocycles. The second kappa shape index (κ2) is 8.22. The van der Waals surface area contributed by atoms with E-state index in [2.05, 4.69) is 26.8 Å². The zero-order chi connectivity index (χ0) is 18.7. The van der Waals surface area contributed by atoms with Gasteiger partial charge >= 0.3 is 5.97 Å². The minimum Gasteiger partial charge on any atom is -0.466 e. The molecule has 0 aromatic carbocycles. The number of pyridine rings is 1. The highest BCUT2D eigenvalue weighted by atomic mass is 35.5. The number of anilines is 1. The van der Waals surface area contributed by atoms with Gasteiger partial charge in [-0.3, -0.25) is 4.79 Å². The lowest BCUT2D eigenvalue weighted by Crippen LogP contribution is -2.38. The number of aromatic nitrogens is 3. The molecule has 2 aromatic rings. The van der Waals surface area contributed by atoms with Crippen molar-refractivity contribution in [3.05, 3.63) is 17.0 Å². The number of carbonyl (C=O) groups excluding carboxylic acids is 1. The summed E-state index contributed by atoms with van der Waals surface area (Å²) in [5.41, 5.74) is 1.49. The van der Waals surface area contributed by atoms with Gasteiger partial charge in [0.2, 0.25) is 0 Å². The molecular formula is C18H25ClN4O3. The number of carbonyl (C=O) groups is 1. The van der Waals surface area contributed by atoms with Crippen LogP contribution in [0.3, 0.4) is 0 Å². The molecular weight excluding hydrogens is 356 g/mol. The van der Waals surface area contributed by atoms with Crippen LogP contribution in [0.1, 0.15) is 32.5 Å². The molecule has 0 radical (unpaired) electrons. The number of nitrogens with one attached hydrogen (secondary N) is 1. The summed E-state index contributed by atoms with van der Waals surface area (Å²) in [7, 11) is 2.01. The van der Waals surface area contributed by atoms with Crippen molar-refractivity contribution in [1.29, 1.82) is 0 Å². The standard InChI is InChI=1S/C18H25ClN4O3/c1-4-26-16(24)10-15-20-13-9-14(19)21-18(17(13)22-15)23(3)11(2)12-5-7-25-8-6-12/h9,11-12H,4-8,10H2,1-3H3,(H,20,22). The molecule has 142 valence electrons. The molecule has 0 saturated carbocycles. The molecule has 1 unspecified atom stereocenters. The Bertz CT molecular complexity index is 773. The first-order valence-corrected chi connectivity index (χ1v) is 9.38. The summed E-state index contributed by atoms with van der Waals surface area (Å²) in [6.07, 6.45) is 2.16. The number of rotatable bonds is 6. The van der Waals surface area contributed by atoms with E-state index in [4.69, 9.17) is 21.1 Å². The Morgan fingerprint density at radius 2 is 2.19 bits per heavy atom. The second-order valence-corrected chi connectivity index (χ2v) is 7.02. The number of halogens is 1. The average molecular weight is 381 g/mol. The minimum atomic E-state index is -0.309. The van der Waals surface area contributed by atoms with Gasteiger partial charge < -0.3 is 19.4 Å². The van der Waals surface area contributed by atoms with E-state index in [1.165, 1.54) is 0 Å². The van der Waals surface area contributed by atoms with Gasteiger partial charge in [-0.15, -0.1) is 0 Å². The molecule has 1 aliphatic rings. The molecule has 0 amide bonds. The maximum Gasteiger partial charge on any atom is 0.313 e. The van der Waals surface area contributed by atoms with E-state index in [9.17, 15) is 4.79 Å². The Kier molecular flexibility index (Phi) is 5.98. The lowest BCUT2D eigenvalue weighted by Gasteiger charge is -2.35. The molecule has 1 fully saturated rings. The first-order chi connectivity index (χ1) is 12.5. The van der Waals surface area contributed by atoms with Gasteiger partial charge in [-0.2, -0.15) is 0 Å². The second-order valence-electron chi connectivity index (χ2n) is 6.63. The number of hydrogen-bond donors (Lipinski definition) is 1. The summed E-state index contributed by atoms with van der Waals surface area (Å²) in [6.45, 7) is 5.92. The summed E-state index contributed by atoms with van der Waals surface area (Å²) >= 11 is 6.23. The highest BCUT2D eigenvalue weighted by Crippen LogP contribution is 2.30. The lowest BCUT2D eigenvalue weighted by atomic mass is 9.92. The van der Waals surface area contributed by atoms with Crippen LogP contribution in [-0.2, 0) is 20.7 Å². The highest BCUT2D eigenvalue weighted by Gasteiger charge is 2.26. The predicted molar refractivity (Wildman–Crippen MR) is 101 cm³/mol. The molecule has 26 heavy (non-hydrogen) atoms. The van der Waals surface area contributed by atoms with Crippen LogP contribution in [0, 0.1) is 5.92 Å². The Balaban J connectivity index is 1.88. The van der Waals surface area contributed by atoms with Crippen LogP contribution in [0.15, 0.2) is 6.07 Å². The largest absolute Gasteiger partial charge is 0.466 e. The van der Waals surface area contributed by atoms with Gasteiger partial charge in [-0.1, -0.05) is 11.6 Å². The van der Waals surface area contributed by atoms with E-state index in [1.54, 1.807) is 13.0 Å². The molecule has 0 spiro atoms. The van der Waals surface area contributed by atoms with Crippen molar-refractivity contribution in [2.24, 2.45) is 5.92 Å². The smallest absolute Gasteiger partial charge is 0.313 e. The van der Waals surface area contributed by atoms with E-state index in [1.807, 2.05) is 7.05 Å². The normalized spacial score (nSPS) is 16.6. The Morgan fingerprint density at radius 1 is 1.46 bits per heavy atom. The Hall–Kier alpha value is -1.86. The Morgan fingerprint density at radius 3 is 2.88 bits per heavy atom. The van der Waals surface area contributed by atoms with Crippen LogP contribution in [0.25, 0.3) is 11.0 Å². The van der Waals surface area contributed by atoms with Crippen LogP contribution in [0.5, 0.6) is 0 Å². The molecule has 1 N–H and O–H groups in total. The first kappa shape index (κ1) is 18.9. The van der Waals surface area contributed by atoms with Gasteiger partial charge in [0, 0.05) is 32.4 Å². The van der Waals surface area contributed by atoms with Gasteiger partial charge in [0.15, 0.2) is 5.82 Å². The molecule has 0 bridgehead atoms. The number of aromatic amines is 1. The van der Waals surface area contributed by atoms with E-state index < -0.39 is 0 Å². The van der Waals surface area contributed by atoms with E-state index in [0.29, 0.717) is 23.5 Å². The fourth-order valence-corrected chi connectivity index (χ4v) is 3.59. The lowest BCUT2D eigenvalue weighted by molar-refractivity contribution is -0.142. The van der Waals surface area contributed by atoms with E-state index in [-0.39, 0.29) is 18.4 Å². The third-order valence-corrected chi connectivity index (χ3v) is 5.17. The molecule has 1 saturated heterocycles. The third-order valence-electron chi connectivity index (χ3n) is 4.98. The molecule has 7 nitrogen and oxygen atoms in total. The van der Waals surface area contributed by atoms with Crippen molar-refractivity contribution < 1.29 is 14.3 Å². The first-order valence-electron chi connectivity index (χ1n) is 9.01. The van der Waals surface area contributed by atoms with E-state index in [0.717, 1.165) is 42.9 Å². The molecule has 3 heterocycles. The van der Waals surface area contributed by atoms with Gasteiger partial charge in [0.25, 0.3) is 0 Å². The Labute approximate surface area is 158 Å². The SMILES string of the molecule is CCOC(=O)Cc1nc2c(N(C)C(C)C3CCOCC3)nc(Cl)cc2[nH]1. The van der Waals surface area contributed by atoms with Crippen molar-refractivity contribution in [3.8, 4) is 0 Å². The summed E-state index contributed by atoms with van der Waals surface area (Å²) in [6, 6.07) is 2.01. The van der Waals surface area contributed by atoms with Crippen molar-refractivity contribution in [3.63, 3.8) is 0 Å². The summed E-state index contributed by atoms with van der Waals surface area (Å²) < 4.78 is 10.5. The van der Waals surface area contributed by atoms with Crippen LogP contribution in [-0.4, -0.2) is 53.8 Å².